The van der Waals surface area contributed by atoms with Crippen molar-refractivity contribution in [2.45, 2.75) is 59.4 Å². The van der Waals surface area contributed by atoms with Crippen LogP contribution in [0.25, 0.3) is 0 Å². The van der Waals surface area contributed by atoms with Gasteiger partial charge in [0.25, 0.3) is 0 Å². The number of nitrogens with zero attached hydrogens (tertiary/aromatic N) is 4. The van der Waals surface area contributed by atoms with Crippen LogP contribution in [0.4, 0.5) is 5.95 Å². The van der Waals surface area contributed by atoms with Crippen LogP contribution in [0.1, 0.15) is 51.9 Å². The maximum Gasteiger partial charge on any atom is 0.245 e. The average molecular weight is 291 g/mol. The van der Waals surface area contributed by atoms with E-state index in [2.05, 4.69) is 48.1 Å². The van der Waals surface area contributed by atoms with Gasteiger partial charge in [0.15, 0.2) is 0 Å². The molecule has 21 heavy (non-hydrogen) atoms. The van der Waals surface area contributed by atoms with E-state index in [0.29, 0.717) is 12.0 Å². The fourth-order valence-electron chi connectivity index (χ4n) is 2.92. The number of hydrogen-bond donors (Lipinski definition) is 1. The van der Waals surface area contributed by atoms with Gasteiger partial charge in [-0.2, -0.15) is 5.10 Å². The maximum atomic E-state index is 4.78. The normalized spacial score (nSPS) is 18.4. The number of aromatic nitrogens is 3. The molecule has 5 nitrogen and oxygen atoms in total. The second kappa shape index (κ2) is 7.69. The van der Waals surface area contributed by atoms with Crippen molar-refractivity contribution in [2.75, 3.05) is 24.5 Å². The van der Waals surface area contributed by atoms with E-state index in [-0.39, 0.29) is 0 Å². The molecule has 0 saturated carbocycles. The molecule has 1 aliphatic rings. The Hall–Kier alpha value is -1.23. The van der Waals surface area contributed by atoms with E-state index in [1.807, 2.05) is 0 Å². The largest absolute Gasteiger partial charge is 0.338 e. The van der Waals surface area contributed by atoms with E-state index in [4.69, 9.17) is 4.98 Å². The van der Waals surface area contributed by atoms with Crippen LogP contribution >= 0.6 is 0 Å². The molecule has 0 bridgehead atoms. The first-order valence-electron chi connectivity index (χ1n) is 8.34. The van der Waals surface area contributed by atoms with Crippen molar-refractivity contribution in [3.05, 3.63) is 11.4 Å². The first kappa shape index (κ1) is 16.1. The Bertz CT molecular complexity index is 440. The predicted octanol–water partition coefficient (Wildman–Crippen LogP) is 2.21. The molecule has 2 rings (SSSR count). The number of nitrogens with one attached hydrogen (secondary N) is 1. The van der Waals surface area contributed by atoms with Gasteiger partial charge in [0, 0.05) is 19.1 Å². The molecule has 0 aliphatic carbocycles. The smallest absolute Gasteiger partial charge is 0.245 e. The Morgan fingerprint density at radius 3 is 2.52 bits per heavy atom. The molecule has 1 aromatic rings. The first-order valence-corrected chi connectivity index (χ1v) is 8.34. The van der Waals surface area contributed by atoms with Gasteiger partial charge >= 0.3 is 0 Å². The average Bonchev–Trinajstić information content (AvgIpc) is 2.98. The van der Waals surface area contributed by atoms with E-state index in [9.17, 15) is 0 Å². The van der Waals surface area contributed by atoms with Gasteiger partial charge in [-0.1, -0.05) is 27.7 Å². The summed E-state index contributed by atoms with van der Waals surface area (Å²) >= 11 is 0. The molecule has 118 valence electrons. The standard InChI is InChI=1S/C16H29N5/c1-5-14-15(6-2)19-20-16(18-14)21(10-12(3)4)11-13-8-7-9-17-13/h12-13,17H,5-11H2,1-4H3. The Kier molecular flexibility index (Phi) is 5.91. The van der Waals surface area contributed by atoms with Crippen LogP contribution in [0.5, 0.6) is 0 Å². The van der Waals surface area contributed by atoms with Gasteiger partial charge in [0.1, 0.15) is 0 Å². The molecule has 0 aromatic carbocycles. The summed E-state index contributed by atoms with van der Waals surface area (Å²) < 4.78 is 0. The lowest BCUT2D eigenvalue weighted by Crippen LogP contribution is -2.40. The van der Waals surface area contributed by atoms with Crippen molar-refractivity contribution in [3.8, 4) is 0 Å². The van der Waals surface area contributed by atoms with Crippen molar-refractivity contribution in [3.63, 3.8) is 0 Å². The van der Waals surface area contributed by atoms with Crippen LogP contribution in [0.2, 0.25) is 0 Å². The van der Waals surface area contributed by atoms with Crippen LogP contribution in [0, 0.1) is 5.92 Å². The predicted molar refractivity (Wildman–Crippen MR) is 86.7 cm³/mol. The summed E-state index contributed by atoms with van der Waals surface area (Å²) in [6.07, 6.45) is 4.34. The third-order valence-corrected chi connectivity index (χ3v) is 3.97. The summed E-state index contributed by atoms with van der Waals surface area (Å²) in [6, 6.07) is 0.559. The Morgan fingerprint density at radius 1 is 1.19 bits per heavy atom. The molecule has 1 atom stereocenters. The maximum absolute atomic E-state index is 4.78. The van der Waals surface area contributed by atoms with Crippen LogP contribution in [0.3, 0.4) is 0 Å². The van der Waals surface area contributed by atoms with Gasteiger partial charge in [-0.25, -0.2) is 4.98 Å². The minimum atomic E-state index is 0.559. The summed E-state index contributed by atoms with van der Waals surface area (Å²) in [5.41, 5.74) is 2.13. The number of aryl methyl sites for hydroxylation is 2. The summed E-state index contributed by atoms with van der Waals surface area (Å²) in [7, 11) is 0. The van der Waals surface area contributed by atoms with Crippen molar-refractivity contribution in [2.24, 2.45) is 5.92 Å². The third-order valence-electron chi connectivity index (χ3n) is 3.97. The topological polar surface area (TPSA) is 53.9 Å². The molecule has 1 aliphatic heterocycles. The van der Waals surface area contributed by atoms with Crippen LogP contribution in [-0.2, 0) is 12.8 Å². The minimum absolute atomic E-state index is 0.559. The highest BCUT2D eigenvalue weighted by molar-refractivity contribution is 5.31. The van der Waals surface area contributed by atoms with Gasteiger partial charge in [-0.15, -0.1) is 5.10 Å². The Balaban J connectivity index is 2.18. The zero-order valence-electron chi connectivity index (χ0n) is 13.9. The van der Waals surface area contributed by atoms with E-state index in [0.717, 1.165) is 49.8 Å². The highest BCUT2D eigenvalue weighted by Crippen LogP contribution is 2.15. The van der Waals surface area contributed by atoms with Gasteiger partial charge < -0.3 is 10.2 Å². The molecule has 2 heterocycles. The summed E-state index contributed by atoms with van der Waals surface area (Å²) in [4.78, 5) is 7.09. The monoisotopic (exact) mass is 291 g/mol. The van der Waals surface area contributed by atoms with E-state index >= 15 is 0 Å². The van der Waals surface area contributed by atoms with E-state index in [1.54, 1.807) is 0 Å². The lowest BCUT2D eigenvalue weighted by atomic mass is 10.1. The molecular formula is C16H29N5. The second-order valence-corrected chi connectivity index (χ2v) is 6.30. The van der Waals surface area contributed by atoms with Crippen molar-refractivity contribution < 1.29 is 0 Å². The zero-order valence-corrected chi connectivity index (χ0v) is 13.9. The third kappa shape index (κ3) is 4.37. The zero-order chi connectivity index (χ0) is 15.2. The van der Waals surface area contributed by atoms with Gasteiger partial charge in [0.05, 0.1) is 11.4 Å². The molecule has 0 amide bonds. The van der Waals surface area contributed by atoms with Crippen LogP contribution in [0.15, 0.2) is 0 Å². The molecule has 0 radical (unpaired) electrons. The summed E-state index contributed by atoms with van der Waals surface area (Å²) in [5, 5.41) is 12.4. The van der Waals surface area contributed by atoms with Gasteiger partial charge in [-0.05, 0) is 38.1 Å². The number of hydrogen-bond acceptors (Lipinski definition) is 5. The van der Waals surface area contributed by atoms with Crippen LogP contribution < -0.4 is 10.2 Å². The fraction of sp³-hybridized carbons (Fsp3) is 0.812. The fourth-order valence-corrected chi connectivity index (χ4v) is 2.92. The molecule has 1 fully saturated rings. The van der Waals surface area contributed by atoms with E-state index in [1.165, 1.54) is 12.8 Å². The molecule has 5 heteroatoms. The Labute approximate surface area is 128 Å². The second-order valence-electron chi connectivity index (χ2n) is 6.30. The van der Waals surface area contributed by atoms with Crippen LogP contribution in [-0.4, -0.2) is 40.9 Å². The summed E-state index contributed by atoms with van der Waals surface area (Å²) in [6.45, 7) is 11.8. The molecule has 1 saturated heterocycles. The van der Waals surface area contributed by atoms with Gasteiger partial charge in [-0.3, -0.25) is 0 Å². The van der Waals surface area contributed by atoms with Crippen molar-refractivity contribution in [1.29, 1.82) is 0 Å². The number of anilines is 1. The lowest BCUT2D eigenvalue weighted by Gasteiger charge is -2.27. The van der Waals surface area contributed by atoms with Gasteiger partial charge in [0.2, 0.25) is 5.95 Å². The highest BCUT2D eigenvalue weighted by atomic mass is 15.3. The summed E-state index contributed by atoms with van der Waals surface area (Å²) in [5.74, 6) is 1.39. The van der Waals surface area contributed by atoms with E-state index < -0.39 is 0 Å². The Morgan fingerprint density at radius 2 is 1.95 bits per heavy atom. The number of rotatable bonds is 7. The quantitative estimate of drug-likeness (QED) is 0.835. The molecule has 1 aromatic heterocycles. The lowest BCUT2D eigenvalue weighted by molar-refractivity contribution is 0.530. The van der Waals surface area contributed by atoms with Crippen molar-refractivity contribution in [1.82, 2.24) is 20.5 Å². The molecule has 1 unspecified atom stereocenters. The molecule has 0 spiro atoms. The first-order chi connectivity index (χ1) is 10.1. The van der Waals surface area contributed by atoms with Crippen molar-refractivity contribution >= 4 is 5.95 Å². The minimum Gasteiger partial charge on any atom is -0.338 e. The highest BCUT2D eigenvalue weighted by Gasteiger charge is 2.21. The SMILES string of the molecule is CCc1nnc(N(CC(C)C)CC2CCCN2)nc1CC. The molecule has 1 N–H and O–H groups in total. The molecular weight excluding hydrogens is 262 g/mol.